The van der Waals surface area contributed by atoms with Crippen molar-refractivity contribution in [3.8, 4) is 0 Å². The van der Waals surface area contributed by atoms with Gasteiger partial charge in [-0.3, -0.25) is 0 Å². The SMILES string of the molecule is CCC([O])CC=S. The molecule has 41 valence electrons. The highest BCUT2D eigenvalue weighted by molar-refractivity contribution is 7.78. The minimum atomic E-state index is -0.461. The van der Waals surface area contributed by atoms with Gasteiger partial charge in [-0.05, 0) is 11.8 Å². The van der Waals surface area contributed by atoms with E-state index in [1.165, 1.54) is 5.37 Å². The van der Waals surface area contributed by atoms with Crippen LogP contribution < -0.4 is 0 Å². The molecule has 0 bridgehead atoms. The van der Waals surface area contributed by atoms with Crippen LogP contribution in [0.5, 0.6) is 0 Å². The van der Waals surface area contributed by atoms with Crippen molar-refractivity contribution in [2.75, 3.05) is 0 Å². The number of hydrogen-bond acceptors (Lipinski definition) is 1. The van der Waals surface area contributed by atoms with Gasteiger partial charge in [-0.2, -0.15) is 0 Å². The number of rotatable bonds is 3. The van der Waals surface area contributed by atoms with E-state index >= 15 is 0 Å². The molecule has 0 aromatic carbocycles. The molecule has 0 aliphatic heterocycles. The van der Waals surface area contributed by atoms with Gasteiger partial charge < -0.3 is 0 Å². The Kier molecular flexibility index (Phi) is 4.25. The molecule has 1 unspecified atom stereocenters. The molecule has 0 aromatic heterocycles. The Bertz CT molecular complexity index is 54.0. The molecular formula is C5H9OS. The van der Waals surface area contributed by atoms with Gasteiger partial charge in [-0.1, -0.05) is 19.1 Å². The van der Waals surface area contributed by atoms with Crippen molar-refractivity contribution in [2.24, 2.45) is 0 Å². The molecule has 1 nitrogen and oxygen atoms in total. The lowest BCUT2D eigenvalue weighted by Gasteiger charge is -1.95. The van der Waals surface area contributed by atoms with E-state index in [0.29, 0.717) is 12.8 Å². The second-order valence-corrected chi connectivity index (χ2v) is 1.77. The van der Waals surface area contributed by atoms with Crippen molar-refractivity contribution >= 4 is 17.6 Å². The molecule has 7 heavy (non-hydrogen) atoms. The van der Waals surface area contributed by atoms with Gasteiger partial charge in [0, 0.05) is 6.42 Å². The van der Waals surface area contributed by atoms with E-state index in [2.05, 4.69) is 12.2 Å². The first kappa shape index (κ1) is 7.05. The fraction of sp³-hybridized carbons (Fsp3) is 0.800. The Balaban J connectivity index is 2.98. The summed E-state index contributed by atoms with van der Waals surface area (Å²) in [6.07, 6.45) is 0.761. The summed E-state index contributed by atoms with van der Waals surface area (Å²) in [6.45, 7) is 1.87. The lowest BCUT2D eigenvalue weighted by molar-refractivity contribution is 0.0933. The Hall–Kier alpha value is 0.0500. The van der Waals surface area contributed by atoms with Gasteiger partial charge in [0.15, 0.2) is 0 Å². The Morgan fingerprint density at radius 3 is 2.57 bits per heavy atom. The van der Waals surface area contributed by atoms with Crippen molar-refractivity contribution in [1.82, 2.24) is 0 Å². The van der Waals surface area contributed by atoms with Gasteiger partial charge in [0.2, 0.25) is 0 Å². The smallest absolute Gasteiger partial charge is 0.0969 e. The van der Waals surface area contributed by atoms with Gasteiger partial charge in [0.1, 0.15) is 0 Å². The zero-order chi connectivity index (χ0) is 5.70. The number of hydrogen-bond donors (Lipinski definition) is 0. The normalized spacial score (nSPS) is 13.4. The first-order valence-electron chi connectivity index (χ1n) is 2.40. The van der Waals surface area contributed by atoms with Gasteiger partial charge in [-0.15, -0.1) is 0 Å². The third kappa shape index (κ3) is 3.89. The average molecular weight is 117 g/mol. The molecule has 0 rings (SSSR count). The van der Waals surface area contributed by atoms with E-state index in [9.17, 15) is 5.11 Å². The highest BCUT2D eigenvalue weighted by atomic mass is 32.1. The summed E-state index contributed by atoms with van der Waals surface area (Å²) in [5, 5.41) is 11.9. The van der Waals surface area contributed by atoms with Crippen molar-refractivity contribution < 1.29 is 5.11 Å². The van der Waals surface area contributed by atoms with Crippen LogP contribution in [0.2, 0.25) is 0 Å². The molecule has 2 heteroatoms. The standard InChI is InChI=1S/C5H9OS/c1-2-5(6)3-4-7/h4-5H,2-3H2,1H3. The summed E-state index contributed by atoms with van der Waals surface area (Å²) < 4.78 is 0. The van der Waals surface area contributed by atoms with Crippen LogP contribution in [0.3, 0.4) is 0 Å². The molecule has 0 aliphatic rings. The van der Waals surface area contributed by atoms with Gasteiger partial charge >= 0.3 is 0 Å². The summed E-state index contributed by atoms with van der Waals surface area (Å²) in [7, 11) is 0. The maximum absolute atomic E-state index is 10.4. The second kappa shape index (κ2) is 4.22. The van der Waals surface area contributed by atoms with E-state index in [1.54, 1.807) is 0 Å². The molecule has 0 N–H and O–H groups in total. The first-order valence-corrected chi connectivity index (χ1v) is 2.87. The third-order valence-electron chi connectivity index (χ3n) is 0.814. The van der Waals surface area contributed by atoms with Crippen LogP contribution in [0.1, 0.15) is 19.8 Å². The zero-order valence-corrected chi connectivity index (χ0v) is 5.20. The maximum atomic E-state index is 10.4. The summed E-state index contributed by atoms with van der Waals surface area (Å²) >= 11 is 4.47. The minimum absolute atomic E-state index is 0.461. The Morgan fingerprint density at radius 2 is 2.43 bits per heavy atom. The lowest BCUT2D eigenvalue weighted by Crippen LogP contribution is -2.00. The molecule has 0 heterocycles. The zero-order valence-electron chi connectivity index (χ0n) is 4.39. The Labute approximate surface area is 49.4 Å². The van der Waals surface area contributed by atoms with Crippen LogP contribution in [-0.4, -0.2) is 11.5 Å². The van der Waals surface area contributed by atoms with E-state index in [0.717, 1.165) is 0 Å². The van der Waals surface area contributed by atoms with Crippen molar-refractivity contribution in [3.63, 3.8) is 0 Å². The van der Waals surface area contributed by atoms with Crippen LogP contribution in [0.4, 0.5) is 0 Å². The fourth-order valence-corrected chi connectivity index (χ4v) is 0.489. The molecule has 0 aliphatic carbocycles. The largest absolute Gasteiger partial charge is 0.233 e. The molecule has 0 amide bonds. The highest BCUT2D eigenvalue weighted by Gasteiger charge is 1.96. The highest BCUT2D eigenvalue weighted by Crippen LogP contribution is 1.93. The van der Waals surface area contributed by atoms with Gasteiger partial charge in [0.05, 0.1) is 6.10 Å². The molecular weight excluding hydrogens is 108 g/mol. The van der Waals surface area contributed by atoms with E-state index in [-0.39, 0.29) is 0 Å². The lowest BCUT2D eigenvalue weighted by atomic mass is 10.2. The molecule has 1 radical (unpaired) electrons. The molecule has 0 aromatic rings. The predicted octanol–water partition coefficient (Wildman–Crippen LogP) is 1.59. The topological polar surface area (TPSA) is 19.9 Å². The average Bonchev–Trinajstić information content (AvgIpc) is 1.68. The summed E-state index contributed by atoms with van der Waals surface area (Å²) in [5.41, 5.74) is 0. The summed E-state index contributed by atoms with van der Waals surface area (Å²) in [5.74, 6) is 0. The molecule has 1 atom stereocenters. The molecule has 0 saturated heterocycles. The summed E-state index contributed by atoms with van der Waals surface area (Å²) in [4.78, 5) is 0. The monoisotopic (exact) mass is 117 g/mol. The molecule has 0 spiro atoms. The molecule has 0 fully saturated rings. The van der Waals surface area contributed by atoms with Gasteiger partial charge in [0.25, 0.3) is 0 Å². The van der Waals surface area contributed by atoms with Crippen LogP contribution in [0.15, 0.2) is 0 Å². The van der Waals surface area contributed by atoms with Crippen LogP contribution in [0.25, 0.3) is 0 Å². The van der Waals surface area contributed by atoms with Crippen molar-refractivity contribution in [3.05, 3.63) is 0 Å². The first-order chi connectivity index (χ1) is 3.31. The van der Waals surface area contributed by atoms with E-state index < -0.39 is 6.10 Å². The van der Waals surface area contributed by atoms with Crippen molar-refractivity contribution in [2.45, 2.75) is 25.9 Å². The van der Waals surface area contributed by atoms with Crippen LogP contribution in [0, 0.1) is 0 Å². The van der Waals surface area contributed by atoms with Crippen LogP contribution >= 0.6 is 12.2 Å². The maximum Gasteiger partial charge on any atom is 0.0969 e. The van der Waals surface area contributed by atoms with Crippen molar-refractivity contribution in [1.29, 1.82) is 0 Å². The third-order valence-corrected chi connectivity index (χ3v) is 1.01. The van der Waals surface area contributed by atoms with Crippen LogP contribution in [-0.2, 0) is 5.11 Å². The fourth-order valence-electron chi connectivity index (χ4n) is 0.274. The summed E-state index contributed by atoms with van der Waals surface area (Å²) in [6, 6.07) is 0. The predicted molar refractivity (Wildman–Crippen MR) is 33.0 cm³/mol. The van der Waals surface area contributed by atoms with E-state index in [4.69, 9.17) is 0 Å². The second-order valence-electron chi connectivity index (χ2n) is 1.43. The molecule has 0 saturated carbocycles. The number of thiocarbonyl (C=S) groups is 1. The minimum Gasteiger partial charge on any atom is -0.233 e. The Morgan fingerprint density at radius 1 is 1.86 bits per heavy atom. The van der Waals surface area contributed by atoms with Gasteiger partial charge in [-0.25, -0.2) is 5.11 Å². The van der Waals surface area contributed by atoms with E-state index in [1.807, 2.05) is 6.92 Å². The quantitative estimate of drug-likeness (QED) is 0.514.